The molecule has 0 saturated heterocycles. The summed E-state index contributed by atoms with van der Waals surface area (Å²) >= 11 is 0. The average Bonchev–Trinajstić information content (AvgIpc) is 2.97. The smallest absolute Gasteiger partial charge is 0.462 e. The lowest BCUT2D eigenvalue weighted by Gasteiger charge is -2.18. The van der Waals surface area contributed by atoms with Crippen molar-refractivity contribution in [1.29, 1.82) is 0 Å². The highest BCUT2D eigenvalue weighted by Crippen LogP contribution is 2.35. The van der Waals surface area contributed by atoms with Crippen molar-refractivity contribution >= 4 is 19.8 Å². The third kappa shape index (κ3) is 33.0. The fraction of sp³-hybridized carbons (Fsp3) is 0.765. The van der Waals surface area contributed by atoms with Crippen molar-refractivity contribution in [2.45, 2.75) is 155 Å². The normalized spacial score (nSPS) is 12.9. The van der Waals surface area contributed by atoms with Gasteiger partial charge in [-0.1, -0.05) is 127 Å². The maximum absolute atomic E-state index is 12.3. The van der Waals surface area contributed by atoms with Gasteiger partial charge in [-0.2, -0.15) is 0 Å². The molecule has 0 bridgehead atoms. The lowest BCUT2D eigenvalue weighted by atomic mass is 10.1. The van der Waals surface area contributed by atoms with E-state index < -0.39 is 32.5 Å². The standard InChI is InChI=1S/C34H61O8P/c1-3-5-7-9-11-13-15-16-17-18-19-21-22-24-26-28-33(35)40-30-32(31-41-43(37,38)39)42-34(36)29-27-25-23-20-14-12-10-8-6-4-2/h5,7,11,13,16-17,32H,3-4,6,8-10,12,14-15,18-31H2,1-2H3,(H2,37,38,39)/b7-5-,13-11-,17-16-/t32-/m1/s1. The molecule has 0 rings (SSSR count). The first-order valence-electron chi connectivity index (χ1n) is 16.8. The number of ether oxygens (including phenoxy) is 2. The third-order valence-corrected chi connectivity index (χ3v) is 7.41. The van der Waals surface area contributed by atoms with Gasteiger partial charge in [0.25, 0.3) is 0 Å². The zero-order valence-corrected chi connectivity index (χ0v) is 28.0. The van der Waals surface area contributed by atoms with Gasteiger partial charge in [-0.3, -0.25) is 14.1 Å². The first-order valence-corrected chi connectivity index (χ1v) is 18.3. The lowest BCUT2D eigenvalue weighted by molar-refractivity contribution is -0.161. The van der Waals surface area contributed by atoms with Crippen molar-refractivity contribution in [2.75, 3.05) is 13.2 Å². The number of allylic oxidation sites excluding steroid dienone is 6. The molecule has 2 N–H and O–H groups in total. The predicted octanol–water partition coefficient (Wildman–Crippen LogP) is 9.45. The molecule has 0 aromatic heterocycles. The van der Waals surface area contributed by atoms with Crippen LogP contribution in [-0.2, 0) is 28.2 Å². The van der Waals surface area contributed by atoms with Crippen molar-refractivity contribution in [3.63, 3.8) is 0 Å². The molecular weight excluding hydrogens is 567 g/mol. The van der Waals surface area contributed by atoms with E-state index in [1.165, 1.54) is 38.5 Å². The van der Waals surface area contributed by atoms with E-state index in [0.717, 1.165) is 70.6 Å². The number of unbranched alkanes of at least 4 members (excludes halogenated alkanes) is 14. The van der Waals surface area contributed by atoms with Gasteiger partial charge < -0.3 is 19.3 Å². The molecule has 0 heterocycles. The second kappa shape index (κ2) is 30.3. The fourth-order valence-electron chi connectivity index (χ4n) is 4.44. The molecule has 0 aromatic rings. The lowest BCUT2D eigenvalue weighted by Crippen LogP contribution is -2.29. The number of carbonyl (C=O) groups is 2. The Balaban J connectivity index is 4.03. The van der Waals surface area contributed by atoms with Crippen LogP contribution in [0.2, 0.25) is 0 Å². The Bertz CT molecular complexity index is 802. The summed E-state index contributed by atoms with van der Waals surface area (Å²) in [6.45, 7) is 3.51. The van der Waals surface area contributed by atoms with Gasteiger partial charge in [0.05, 0.1) is 6.61 Å². The Morgan fingerprint density at radius 1 is 0.628 bits per heavy atom. The molecule has 0 aliphatic rings. The number of phosphoric acid groups is 1. The van der Waals surface area contributed by atoms with E-state index in [1.807, 2.05) is 0 Å². The van der Waals surface area contributed by atoms with Crippen molar-refractivity contribution in [2.24, 2.45) is 0 Å². The van der Waals surface area contributed by atoms with Gasteiger partial charge in [-0.05, 0) is 44.9 Å². The molecule has 0 fully saturated rings. The molecule has 0 radical (unpaired) electrons. The van der Waals surface area contributed by atoms with E-state index in [9.17, 15) is 14.2 Å². The first-order chi connectivity index (χ1) is 20.8. The fourth-order valence-corrected chi connectivity index (χ4v) is 4.80. The van der Waals surface area contributed by atoms with Crippen LogP contribution in [0.1, 0.15) is 149 Å². The molecule has 1 atom stereocenters. The molecule has 250 valence electrons. The Hall–Kier alpha value is -1.73. The zero-order valence-electron chi connectivity index (χ0n) is 27.1. The van der Waals surface area contributed by atoms with Crippen molar-refractivity contribution in [3.05, 3.63) is 36.5 Å². The van der Waals surface area contributed by atoms with Gasteiger partial charge in [0.2, 0.25) is 0 Å². The van der Waals surface area contributed by atoms with Crippen molar-refractivity contribution in [1.82, 2.24) is 0 Å². The van der Waals surface area contributed by atoms with Crippen LogP contribution >= 0.6 is 7.82 Å². The largest absolute Gasteiger partial charge is 0.469 e. The monoisotopic (exact) mass is 628 g/mol. The molecule has 0 aliphatic heterocycles. The SMILES string of the molecule is CC/C=C\C/C=C\C/C=C\CCCCCCCC(=O)OC[C@H](COP(=O)(O)O)OC(=O)CCCCCCCCCCCC. The van der Waals surface area contributed by atoms with E-state index in [4.69, 9.17) is 19.3 Å². The number of hydrogen-bond acceptors (Lipinski definition) is 6. The van der Waals surface area contributed by atoms with Crippen molar-refractivity contribution in [3.8, 4) is 0 Å². The summed E-state index contributed by atoms with van der Waals surface area (Å²) < 4.78 is 26.2. The zero-order chi connectivity index (χ0) is 31.9. The van der Waals surface area contributed by atoms with Crippen LogP contribution in [0.5, 0.6) is 0 Å². The van der Waals surface area contributed by atoms with Gasteiger partial charge in [0.1, 0.15) is 6.61 Å². The van der Waals surface area contributed by atoms with Gasteiger partial charge in [0, 0.05) is 12.8 Å². The molecule has 0 spiro atoms. The van der Waals surface area contributed by atoms with E-state index in [0.29, 0.717) is 12.8 Å². The second-order valence-corrected chi connectivity index (χ2v) is 12.4. The highest BCUT2D eigenvalue weighted by atomic mass is 31.2. The molecular formula is C34H61O8P. The minimum absolute atomic E-state index is 0.209. The van der Waals surface area contributed by atoms with Crippen molar-refractivity contribution < 1.29 is 37.9 Å². The number of hydrogen-bond donors (Lipinski definition) is 2. The Kier molecular flexibility index (Phi) is 29.1. The van der Waals surface area contributed by atoms with E-state index in [1.54, 1.807) is 0 Å². The summed E-state index contributed by atoms with van der Waals surface area (Å²) in [6.07, 6.45) is 33.0. The van der Waals surface area contributed by atoms with Crippen LogP contribution in [0.4, 0.5) is 0 Å². The number of rotatable bonds is 30. The molecule has 8 nitrogen and oxygen atoms in total. The third-order valence-electron chi connectivity index (χ3n) is 6.92. The summed E-state index contributed by atoms with van der Waals surface area (Å²) in [7, 11) is -4.74. The summed E-state index contributed by atoms with van der Waals surface area (Å²) in [5, 5.41) is 0. The highest BCUT2D eigenvalue weighted by Gasteiger charge is 2.22. The quantitative estimate of drug-likeness (QED) is 0.0349. The Labute approximate surface area is 262 Å². The molecule has 0 unspecified atom stereocenters. The van der Waals surface area contributed by atoms with E-state index in [-0.39, 0.29) is 19.4 Å². The Morgan fingerprint density at radius 2 is 1.12 bits per heavy atom. The maximum atomic E-state index is 12.3. The summed E-state index contributed by atoms with van der Waals surface area (Å²) in [4.78, 5) is 42.5. The molecule has 0 aromatic carbocycles. The molecule has 9 heteroatoms. The average molecular weight is 629 g/mol. The summed E-state index contributed by atoms with van der Waals surface area (Å²) in [6, 6.07) is 0. The van der Waals surface area contributed by atoms with Gasteiger partial charge in [-0.25, -0.2) is 4.57 Å². The van der Waals surface area contributed by atoms with E-state index in [2.05, 4.69) is 54.8 Å². The maximum Gasteiger partial charge on any atom is 0.469 e. The molecule has 0 amide bonds. The topological polar surface area (TPSA) is 119 Å². The van der Waals surface area contributed by atoms with Crippen LogP contribution in [0.15, 0.2) is 36.5 Å². The number of carbonyl (C=O) groups excluding carboxylic acids is 2. The molecule has 43 heavy (non-hydrogen) atoms. The van der Waals surface area contributed by atoms with Crippen LogP contribution in [-0.4, -0.2) is 41.0 Å². The number of esters is 2. The number of phosphoric ester groups is 1. The van der Waals surface area contributed by atoms with E-state index >= 15 is 0 Å². The Morgan fingerprint density at radius 3 is 1.67 bits per heavy atom. The highest BCUT2D eigenvalue weighted by molar-refractivity contribution is 7.46. The van der Waals surface area contributed by atoms with Crippen LogP contribution in [0.3, 0.4) is 0 Å². The van der Waals surface area contributed by atoms with Gasteiger partial charge >= 0.3 is 19.8 Å². The first kappa shape index (κ1) is 41.3. The van der Waals surface area contributed by atoms with Crippen LogP contribution in [0, 0.1) is 0 Å². The molecule has 0 aliphatic carbocycles. The van der Waals surface area contributed by atoms with Gasteiger partial charge in [0.15, 0.2) is 6.10 Å². The second-order valence-electron chi connectivity index (χ2n) is 11.1. The van der Waals surface area contributed by atoms with Gasteiger partial charge in [-0.15, -0.1) is 0 Å². The minimum atomic E-state index is -4.74. The summed E-state index contributed by atoms with van der Waals surface area (Å²) in [5.41, 5.74) is 0. The summed E-state index contributed by atoms with van der Waals surface area (Å²) in [5.74, 6) is -0.908. The minimum Gasteiger partial charge on any atom is -0.462 e. The predicted molar refractivity (Wildman–Crippen MR) is 175 cm³/mol. The molecule has 0 saturated carbocycles. The van der Waals surface area contributed by atoms with Crippen LogP contribution < -0.4 is 0 Å². The van der Waals surface area contributed by atoms with Crippen LogP contribution in [0.25, 0.3) is 0 Å².